The van der Waals surface area contributed by atoms with Gasteiger partial charge in [0.2, 0.25) is 0 Å². The smallest absolute Gasteiger partial charge is 0.164 e. The van der Waals surface area contributed by atoms with Gasteiger partial charge in [-0.15, -0.1) is 0 Å². The van der Waals surface area contributed by atoms with E-state index in [1.807, 2.05) is 72.8 Å². The van der Waals surface area contributed by atoms with Gasteiger partial charge in [-0.25, -0.2) is 15.0 Å². The molecule has 10 aromatic rings. The van der Waals surface area contributed by atoms with Crippen molar-refractivity contribution in [2.24, 2.45) is 0 Å². The Bertz CT molecular complexity index is 2820. The molecule has 8 aromatic carbocycles. The Morgan fingerprint density at radius 3 is 1.61 bits per heavy atom. The van der Waals surface area contributed by atoms with E-state index < -0.39 is 0 Å². The number of aromatic nitrogens is 3. The van der Waals surface area contributed by atoms with Crippen LogP contribution in [-0.4, -0.2) is 15.0 Å². The number of nitrogens with zero attached hydrogens (tertiary/aromatic N) is 3. The molecular formula is C45H27N3O. The first-order valence-corrected chi connectivity index (χ1v) is 16.4. The Labute approximate surface area is 282 Å². The van der Waals surface area contributed by atoms with Gasteiger partial charge in [-0.2, -0.15) is 0 Å². The van der Waals surface area contributed by atoms with Crippen LogP contribution >= 0.6 is 0 Å². The topological polar surface area (TPSA) is 51.8 Å². The summed E-state index contributed by atoms with van der Waals surface area (Å²) in [6.07, 6.45) is 0. The van der Waals surface area contributed by atoms with Crippen LogP contribution in [0.25, 0.3) is 99.5 Å². The van der Waals surface area contributed by atoms with Crippen molar-refractivity contribution in [1.29, 1.82) is 0 Å². The van der Waals surface area contributed by atoms with E-state index in [0.717, 1.165) is 49.8 Å². The molecule has 0 aliphatic heterocycles. The summed E-state index contributed by atoms with van der Waals surface area (Å²) in [5, 5.41) is 9.55. The zero-order valence-electron chi connectivity index (χ0n) is 26.3. The van der Waals surface area contributed by atoms with Gasteiger partial charge in [-0.05, 0) is 73.8 Å². The number of rotatable bonds is 4. The molecule has 2 aromatic heterocycles. The van der Waals surface area contributed by atoms with Gasteiger partial charge in [-0.1, -0.05) is 133 Å². The number of para-hydroxylation sites is 1. The van der Waals surface area contributed by atoms with Crippen LogP contribution in [0.2, 0.25) is 0 Å². The zero-order chi connectivity index (χ0) is 32.3. The first-order chi connectivity index (χ1) is 24.2. The van der Waals surface area contributed by atoms with Crippen molar-refractivity contribution in [2.75, 3.05) is 0 Å². The van der Waals surface area contributed by atoms with E-state index in [1.165, 1.54) is 32.3 Å². The fraction of sp³-hybridized carbons (Fsp3) is 0. The minimum absolute atomic E-state index is 0.643. The quantitative estimate of drug-likeness (QED) is 0.183. The Kier molecular flexibility index (Phi) is 6.15. The largest absolute Gasteiger partial charge is 0.456 e. The Balaban J connectivity index is 1.10. The summed E-state index contributed by atoms with van der Waals surface area (Å²) in [4.78, 5) is 14.8. The Morgan fingerprint density at radius 2 is 0.878 bits per heavy atom. The predicted molar refractivity (Wildman–Crippen MR) is 201 cm³/mol. The van der Waals surface area contributed by atoms with Crippen molar-refractivity contribution in [3.05, 3.63) is 164 Å². The van der Waals surface area contributed by atoms with Crippen LogP contribution in [0.4, 0.5) is 0 Å². The van der Waals surface area contributed by atoms with Crippen molar-refractivity contribution in [1.82, 2.24) is 15.0 Å². The maximum absolute atomic E-state index is 6.30. The molecule has 0 atom stereocenters. The number of fused-ring (bicyclic) bond motifs is 8. The lowest BCUT2D eigenvalue weighted by Gasteiger charge is -2.11. The van der Waals surface area contributed by atoms with Crippen molar-refractivity contribution >= 4 is 54.3 Å². The van der Waals surface area contributed by atoms with Gasteiger partial charge in [0, 0.05) is 27.5 Å². The second-order valence-corrected chi connectivity index (χ2v) is 12.5. The Morgan fingerprint density at radius 1 is 0.306 bits per heavy atom. The summed E-state index contributed by atoms with van der Waals surface area (Å²) < 4.78 is 6.30. The predicted octanol–water partition coefficient (Wildman–Crippen LogP) is 11.9. The van der Waals surface area contributed by atoms with Gasteiger partial charge in [0.15, 0.2) is 17.5 Å². The van der Waals surface area contributed by atoms with Crippen LogP contribution in [0.3, 0.4) is 0 Å². The van der Waals surface area contributed by atoms with E-state index in [4.69, 9.17) is 19.4 Å². The van der Waals surface area contributed by atoms with Crippen LogP contribution < -0.4 is 0 Å². The molecule has 0 bridgehead atoms. The summed E-state index contributed by atoms with van der Waals surface area (Å²) >= 11 is 0. The highest BCUT2D eigenvalue weighted by molar-refractivity contribution is 6.23. The molecule has 0 aliphatic rings. The minimum Gasteiger partial charge on any atom is -0.456 e. The second kappa shape index (κ2) is 11.0. The van der Waals surface area contributed by atoms with Gasteiger partial charge in [0.25, 0.3) is 0 Å². The van der Waals surface area contributed by atoms with Crippen molar-refractivity contribution in [3.63, 3.8) is 0 Å². The van der Waals surface area contributed by atoms with Gasteiger partial charge in [0.1, 0.15) is 11.2 Å². The highest BCUT2D eigenvalue weighted by Gasteiger charge is 2.15. The number of benzene rings is 8. The lowest BCUT2D eigenvalue weighted by molar-refractivity contribution is 0.669. The van der Waals surface area contributed by atoms with Gasteiger partial charge >= 0.3 is 0 Å². The molecule has 4 nitrogen and oxygen atoms in total. The minimum atomic E-state index is 0.643. The summed E-state index contributed by atoms with van der Waals surface area (Å²) in [6, 6.07) is 57.0. The molecule has 0 saturated heterocycles. The molecule has 0 aliphatic carbocycles. The van der Waals surface area contributed by atoms with Gasteiger partial charge < -0.3 is 4.42 Å². The van der Waals surface area contributed by atoms with Crippen molar-refractivity contribution in [2.45, 2.75) is 0 Å². The van der Waals surface area contributed by atoms with Crippen molar-refractivity contribution < 1.29 is 4.42 Å². The maximum atomic E-state index is 6.30. The molecule has 0 fully saturated rings. The molecule has 0 spiro atoms. The molecule has 0 N–H and O–H groups in total. The van der Waals surface area contributed by atoms with Crippen LogP contribution in [0.1, 0.15) is 0 Å². The van der Waals surface area contributed by atoms with E-state index >= 15 is 0 Å². The van der Waals surface area contributed by atoms with E-state index in [0.29, 0.717) is 17.5 Å². The Hall–Kier alpha value is -6.65. The zero-order valence-corrected chi connectivity index (χ0v) is 26.3. The lowest BCUT2D eigenvalue weighted by atomic mass is 9.93. The highest BCUT2D eigenvalue weighted by atomic mass is 16.3. The molecule has 0 radical (unpaired) electrons. The average molecular weight is 626 g/mol. The lowest BCUT2D eigenvalue weighted by Crippen LogP contribution is -2.00. The third kappa shape index (κ3) is 4.65. The monoisotopic (exact) mass is 625 g/mol. The summed E-state index contributed by atoms with van der Waals surface area (Å²) in [6.45, 7) is 0. The number of hydrogen-bond donors (Lipinski definition) is 0. The molecule has 49 heavy (non-hydrogen) atoms. The molecule has 0 amide bonds. The summed E-state index contributed by atoms with van der Waals surface area (Å²) in [5.74, 6) is 1.95. The molecule has 0 saturated carbocycles. The van der Waals surface area contributed by atoms with Crippen LogP contribution in [0, 0.1) is 0 Å². The van der Waals surface area contributed by atoms with Crippen LogP contribution in [0.15, 0.2) is 168 Å². The standard InChI is InChI=1S/C45H27N3O/c1-3-10-29(11-4-1)43-46-44(30-12-5-2-6-13-30)48-45(47-43)35-15-9-14-31(25-35)32-22-23-36-33(24-32)20-18-28-19-21-34-26-39-37-16-7-8-17-40(37)49-41(39)27-38(34)42(28)36/h1-27H. The van der Waals surface area contributed by atoms with E-state index in [1.54, 1.807) is 0 Å². The SMILES string of the molecule is c1ccc(-c2nc(-c3ccccc3)nc(-c3cccc(-c4ccc5c(ccc6ccc7cc8c(cc7c65)oc5ccccc58)c4)c3)n2)cc1. The number of hydrogen-bond acceptors (Lipinski definition) is 4. The second-order valence-electron chi connectivity index (χ2n) is 12.5. The van der Waals surface area contributed by atoms with Gasteiger partial charge in [-0.3, -0.25) is 0 Å². The van der Waals surface area contributed by atoms with E-state index in [9.17, 15) is 0 Å². The maximum Gasteiger partial charge on any atom is 0.164 e. The molecule has 228 valence electrons. The summed E-state index contributed by atoms with van der Waals surface area (Å²) in [5.41, 5.74) is 6.91. The normalized spacial score (nSPS) is 11.7. The fourth-order valence-corrected chi connectivity index (χ4v) is 7.06. The van der Waals surface area contributed by atoms with Crippen molar-refractivity contribution in [3.8, 4) is 45.3 Å². The molecular weight excluding hydrogens is 599 g/mol. The molecule has 0 unspecified atom stereocenters. The van der Waals surface area contributed by atoms with Crippen LogP contribution in [0.5, 0.6) is 0 Å². The van der Waals surface area contributed by atoms with E-state index in [-0.39, 0.29) is 0 Å². The third-order valence-corrected chi connectivity index (χ3v) is 9.47. The first kappa shape index (κ1) is 27.5. The summed E-state index contributed by atoms with van der Waals surface area (Å²) in [7, 11) is 0. The third-order valence-electron chi connectivity index (χ3n) is 9.47. The highest BCUT2D eigenvalue weighted by Crippen LogP contribution is 2.39. The average Bonchev–Trinajstić information content (AvgIpc) is 3.54. The van der Waals surface area contributed by atoms with E-state index in [2.05, 4.69) is 91.0 Å². The first-order valence-electron chi connectivity index (χ1n) is 16.4. The van der Waals surface area contributed by atoms with Crippen LogP contribution in [-0.2, 0) is 0 Å². The molecule has 10 rings (SSSR count). The fourth-order valence-electron chi connectivity index (χ4n) is 7.06. The number of furan rings is 1. The van der Waals surface area contributed by atoms with Gasteiger partial charge in [0.05, 0.1) is 0 Å². The molecule has 4 heteroatoms. The molecule has 2 heterocycles.